The number of carbonyl (C=O) groups is 1. The van der Waals surface area contributed by atoms with E-state index < -0.39 is 5.97 Å². The Bertz CT molecular complexity index is 880. The molecule has 0 aliphatic heterocycles. The van der Waals surface area contributed by atoms with E-state index in [2.05, 4.69) is 20.8 Å². The first-order chi connectivity index (χ1) is 11.0. The molecule has 0 aliphatic rings. The molecule has 3 aromatic rings. The van der Waals surface area contributed by atoms with E-state index in [9.17, 15) is 9.90 Å². The van der Waals surface area contributed by atoms with Gasteiger partial charge in [0.25, 0.3) is 5.95 Å². The Morgan fingerprint density at radius 2 is 2.04 bits per heavy atom. The van der Waals surface area contributed by atoms with Crippen molar-refractivity contribution in [2.45, 2.75) is 0 Å². The zero-order valence-corrected chi connectivity index (χ0v) is 12.3. The first-order valence-corrected chi connectivity index (χ1v) is 6.80. The van der Waals surface area contributed by atoms with Crippen molar-refractivity contribution in [3.8, 4) is 11.4 Å². The van der Waals surface area contributed by atoms with Crippen LogP contribution in [0.3, 0.4) is 0 Å². The molecule has 0 spiro atoms. The van der Waals surface area contributed by atoms with Gasteiger partial charge < -0.3 is 15.5 Å². The van der Waals surface area contributed by atoms with Crippen LogP contribution in [0, 0.1) is 0 Å². The summed E-state index contributed by atoms with van der Waals surface area (Å²) in [6.45, 7) is 0. The van der Waals surface area contributed by atoms with Gasteiger partial charge in [0.05, 0.1) is 16.3 Å². The minimum atomic E-state index is -1.11. The fraction of sp³-hybridized carbons (Fsp3) is 0. The SMILES string of the molecule is O=C(O)c1ccc(-n2nnnc2Nc2cccc(O)c2)cc1Cl. The summed E-state index contributed by atoms with van der Waals surface area (Å²) in [5, 5.41) is 32.8. The number of carboxylic acid groups (broad SMARTS) is 1. The van der Waals surface area contributed by atoms with E-state index in [0.717, 1.165) is 0 Å². The normalized spacial score (nSPS) is 10.5. The lowest BCUT2D eigenvalue weighted by Gasteiger charge is -2.08. The van der Waals surface area contributed by atoms with Gasteiger partial charge in [-0.3, -0.25) is 0 Å². The van der Waals surface area contributed by atoms with Gasteiger partial charge >= 0.3 is 5.97 Å². The van der Waals surface area contributed by atoms with Crippen LogP contribution in [-0.2, 0) is 0 Å². The Morgan fingerprint density at radius 3 is 2.74 bits per heavy atom. The molecule has 0 amide bonds. The number of benzene rings is 2. The van der Waals surface area contributed by atoms with Crippen LogP contribution in [0.2, 0.25) is 5.02 Å². The number of hydrogen-bond acceptors (Lipinski definition) is 6. The number of nitrogens with zero attached hydrogens (tertiary/aromatic N) is 4. The van der Waals surface area contributed by atoms with Crippen molar-refractivity contribution in [3.63, 3.8) is 0 Å². The Balaban J connectivity index is 1.95. The van der Waals surface area contributed by atoms with Crippen LogP contribution in [0.1, 0.15) is 10.4 Å². The van der Waals surface area contributed by atoms with E-state index in [4.69, 9.17) is 16.7 Å². The van der Waals surface area contributed by atoms with Crippen LogP contribution in [0.25, 0.3) is 5.69 Å². The average molecular weight is 332 g/mol. The Kier molecular flexibility index (Phi) is 3.82. The highest BCUT2D eigenvalue weighted by molar-refractivity contribution is 6.33. The quantitative estimate of drug-likeness (QED) is 0.673. The van der Waals surface area contributed by atoms with Gasteiger partial charge in [0.15, 0.2) is 0 Å². The molecule has 3 N–H and O–H groups in total. The summed E-state index contributed by atoms with van der Waals surface area (Å²) in [6.07, 6.45) is 0. The van der Waals surface area contributed by atoms with Crippen molar-refractivity contribution < 1.29 is 15.0 Å². The fourth-order valence-corrected chi connectivity index (χ4v) is 2.22. The molecule has 0 radical (unpaired) electrons. The van der Waals surface area contributed by atoms with Crippen LogP contribution in [0.4, 0.5) is 11.6 Å². The lowest BCUT2D eigenvalue weighted by atomic mass is 10.2. The van der Waals surface area contributed by atoms with Crippen LogP contribution in [-0.4, -0.2) is 36.4 Å². The molecular formula is C14H10ClN5O3. The molecule has 3 rings (SSSR count). The molecule has 0 saturated carbocycles. The molecule has 8 nitrogen and oxygen atoms in total. The van der Waals surface area contributed by atoms with Gasteiger partial charge in [-0.05, 0) is 40.8 Å². The Morgan fingerprint density at radius 1 is 1.22 bits per heavy atom. The smallest absolute Gasteiger partial charge is 0.337 e. The molecule has 116 valence electrons. The maximum Gasteiger partial charge on any atom is 0.337 e. The molecule has 1 aromatic heterocycles. The number of rotatable bonds is 4. The summed E-state index contributed by atoms with van der Waals surface area (Å²) >= 11 is 5.96. The molecule has 0 saturated heterocycles. The third kappa shape index (κ3) is 3.06. The zero-order valence-electron chi connectivity index (χ0n) is 11.5. The Hall–Kier alpha value is -3.13. The maximum atomic E-state index is 11.0. The van der Waals surface area contributed by atoms with Gasteiger partial charge in [0, 0.05) is 11.8 Å². The van der Waals surface area contributed by atoms with Gasteiger partial charge in [-0.1, -0.05) is 22.8 Å². The van der Waals surface area contributed by atoms with E-state index >= 15 is 0 Å². The number of aromatic hydroxyl groups is 1. The van der Waals surface area contributed by atoms with E-state index in [1.807, 2.05) is 0 Å². The Labute approximate surface area is 134 Å². The van der Waals surface area contributed by atoms with E-state index in [1.54, 1.807) is 24.3 Å². The van der Waals surface area contributed by atoms with Crippen molar-refractivity contribution >= 4 is 29.2 Å². The molecule has 2 aromatic carbocycles. The molecule has 9 heteroatoms. The first-order valence-electron chi connectivity index (χ1n) is 6.42. The van der Waals surface area contributed by atoms with E-state index in [1.165, 1.54) is 22.9 Å². The van der Waals surface area contributed by atoms with E-state index in [0.29, 0.717) is 11.4 Å². The molecule has 0 aliphatic carbocycles. The highest BCUT2D eigenvalue weighted by atomic mass is 35.5. The number of aromatic carboxylic acids is 1. The minimum Gasteiger partial charge on any atom is -0.508 e. The second kappa shape index (κ2) is 5.93. The number of phenolic OH excluding ortho intramolecular Hbond substituents is 1. The van der Waals surface area contributed by atoms with Crippen LogP contribution < -0.4 is 5.32 Å². The topological polar surface area (TPSA) is 113 Å². The predicted octanol–water partition coefficient (Wildman–Crippen LogP) is 2.46. The number of tetrazole rings is 1. The molecule has 0 atom stereocenters. The molecule has 0 bridgehead atoms. The fourth-order valence-electron chi connectivity index (χ4n) is 1.96. The van der Waals surface area contributed by atoms with E-state index in [-0.39, 0.29) is 22.3 Å². The lowest BCUT2D eigenvalue weighted by Crippen LogP contribution is -2.05. The second-order valence-electron chi connectivity index (χ2n) is 4.56. The van der Waals surface area contributed by atoms with Gasteiger partial charge in [-0.25, -0.2) is 4.79 Å². The van der Waals surface area contributed by atoms with Crippen molar-refractivity contribution in [2.75, 3.05) is 5.32 Å². The number of carboxylic acids is 1. The largest absolute Gasteiger partial charge is 0.508 e. The number of anilines is 2. The van der Waals surface area contributed by atoms with Gasteiger partial charge in [0.2, 0.25) is 0 Å². The van der Waals surface area contributed by atoms with Crippen molar-refractivity contribution in [3.05, 3.63) is 53.1 Å². The monoisotopic (exact) mass is 331 g/mol. The summed E-state index contributed by atoms with van der Waals surface area (Å²) in [6, 6.07) is 10.8. The molecule has 0 unspecified atom stereocenters. The first kappa shape index (κ1) is 14.8. The maximum absolute atomic E-state index is 11.0. The second-order valence-corrected chi connectivity index (χ2v) is 4.97. The summed E-state index contributed by atoms with van der Waals surface area (Å²) < 4.78 is 1.36. The zero-order chi connectivity index (χ0) is 16.4. The summed E-state index contributed by atoms with van der Waals surface area (Å²) in [5.41, 5.74) is 1.08. The van der Waals surface area contributed by atoms with Crippen molar-refractivity contribution in [1.82, 2.24) is 20.2 Å². The predicted molar refractivity (Wildman–Crippen MR) is 82.5 cm³/mol. The van der Waals surface area contributed by atoms with Crippen LogP contribution in [0.5, 0.6) is 5.75 Å². The van der Waals surface area contributed by atoms with Gasteiger partial charge in [0.1, 0.15) is 5.75 Å². The average Bonchev–Trinajstić information content (AvgIpc) is 2.95. The molecular weight excluding hydrogens is 322 g/mol. The summed E-state index contributed by atoms with van der Waals surface area (Å²) in [5.74, 6) is -0.728. The third-order valence-corrected chi connectivity index (χ3v) is 3.31. The van der Waals surface area contributed by atoms with Gasteiger partial charge in [-0.15, -0.1) is 0 Å². The van der Waals surface area contributed by atoms with Crippen molar-refractivity contribution in [1.29, 1.82) is 0 Å². The molecule has 23 heavy (non-hydrogen) atoms. The molecule has 0 fully saturated rings. The molecule has 1 heterocycles. The highest BCUT2D eigenvalue weighted by Crippen LogP contribution is 2.23. The summed E-state index contributed by atoms with van der Waals surface area (Å²) in [7, 11) is 0. The summed E-state index contributed by atoms with van der Waals surface area (Å²) in [4.78, 5) is 11.0. The van der Waals surface area contributed by atoms with Gasteiger partial charge in [-0.2, -0.15) is 4.68 Å². The number of halogens is 1. The minimum absolute atomic E-state index is 0.00835. The number of nitrogens with one attached hydrogen (secondary N) is 1. The standard InChI is InChI=1S/C14H10ClN5O3/c15-12-7-9(4-5-11(12)13(22)23)20-14(17-18-19-20)16-8-2-1-3-10(21)6-8/h1-7,21H,(H,22,23)(H,16,17,19). The lowest BCUT2D eigenvalue weighted by molar-refractivity contribution is 0.0697. The van der Waals surface area contributed by atoms with Crippen LogP contribution >= 0.6 is 11.6 Å². The van der Waals surface area contributed by atoms with Crippen molar-refractivity contribution in [2.24, 2.45) is 0 Å². The number of aromatic nitrogens is 4. The number of hydrogen-bond donors (Lipinski definition) is 3. The third-order valence-electron chi connectivity index (χ3n) is 3.00. The highest BCUT2D eigenvalue weighted by Gasteiger charge is 2.13. The van der Waals surface area contributed by atoms with Crippen LogP contribution in [0.15, 0.2) is 42.5 Å². The number of phenols is 1.